The lowest BCUT2D eigenvalue weighted by molar-refractivity contribution is 0.0951. The van der Waals surface area contributed by atoms with E-state index >= 15 is 0 Å². The maximum Gasteiger partial charge on any atom is 0.253 e. The van der Waals surface area contributed by atoms with E-state index in [4.69, 9.17) is 17.4 Å². The summed E-state index contributed by atoms with van der Waals surface area (Å²) in [5.41, 5.74) is 2.73. The highest BCUT2D eigenvalue weighted by Crippen LogP contribution is 2.22. The average Bonchev–Trinajstić information content (AvgIpc) is 2.81. The SMILES string of the molecule is NNc1ncc(C(=O)NCc2ccc(Br)s2)cc1Cl. The van der Waals surface area contributed by atoms with Crippen molar-refractivity contribution in [3.05, 3.63) is 43.6 Å². The molecule has 0 aliphatic carbocycles. The normalized spacial score (nSPS) is 10.3. The summed E-state index contributed by atoms with van der Waals surface area (Å²) in [5.74, 6) is 5.31. The summed E-state index contributed by atoms with van der Waals surface area (Å²) in [6.07, 6.45) is 1.42. The number of pyridine rings is 1. The highest BCUT2D eigenvalue weighted by atomic mass is 79.9. The number of nitrogens with two attached hydrogens (primary N) is 1. The van der Waals surface area contributed by atoms with Crippen LogP contribution in [0.5, 0.6) is 0 Å². The van der Waals surface area contributed by atoms with Gasteiger partial charge in [-0.05, 0) is 34.1 Å². The number of thiophene rings is 1. The van der Waals surface area contributed by atoms with Crippen LogP contribution in [0.4, 0.5) is 5.82 Å². The summed E-state index contributed by atoms with van der Waals surface area (Å²) >= 11 is 10.8. The Hall–Kier alpha value is -1.15. The van der Waals surface area contributed by atoms with Crippen molar-refractivity contribution in [1.82, 2.24) is 10.3 Å². The smallest absolute Gasteiger partial charge is 0.253 e. The van der Waals surface area contributed by atoms with Crippen LogP contribution in [-0.2, 0) is 6.54 Å². The van der Waals surface area contributed by atoms with E-state index < -0.39 is 0 Å². The van der Waals surface area contributed by atoms with Crippen LogP contribution in [0, 0.1) is 0 Å². The molecule has 0 saturated carbocycles. The van der Waals surface area contributed by atoms with Crippen LogP contribution in [0.1, 0.15) is 15.2 Å². The molecular formula is C11H10BrClN4OS. The second-order valence-electron chi connectivity index (χ2n) is 3.59. The highest BCUT2D eigenvalue weighted by molar-refractivity contribution is 9.11. The molecule has 0 aliphatic rings. The molecule has 8 heteroatoms. The third-order valence-electron chi connectivity index (χ3n) is 2.29. The van der Waals surface area contributed by atoms with Crippen molar-refractivity contribution in [2.75, 3.05) is 5.43 Å². The monoisotopic (exact) mass is 360 g/mol. The predicted octanol–water partition coefficient (Wildman–Crippen LogP) is 2.77. The first-order valence-electron chi connectivity index (χ1n) is 5.24. The standard InChI is InChI=1S/C11H10BrClN4OS/c12-9-2-1-7(19-9)5-16-11(18)6-3-8(13)10(17-14)15-4-6/h1-4H,5,14H2,(H,15,17)(H,16,18). The van der Waals surface area contributed by atoms with E-state index in [1.165, 1.54) is 12.3 Å². The minimum atomic E-state index is -0.234. The van der Waals surface area contributed by atoms with E-state index in [0.717, 1.165) is 8.66 Å². The molecule has 19 heavy (non-hydrogen) atoms. The van der Waals surface area contributed by atoms with Crippen molar-refractivity contribution in [2.24, 2.45) is 5.84 Å². The number of hydrazine groups is 1. The van der Waals surface area contributed by atoms with Crippen LogP contribution in [0.3, 0.4) is 0 Å². The second-order valence-corrected chi connectivity index (χ2v) is 6.54. The van der Waals surface area contributed by atoms with Crippen molar-refractivity contribution in [2.45, 2.75) is 6.54 Å². The first-order chi connectivity index (χ1) is 9.10. The molecule has 2 aromatic rings. The largest absolute Gasteiger partial charge is 0.347 e. The summed E-state index contributed by atoms with van der Waals surface area (Å²) in [6.45, 7) is 0.462. The molecule has 0 atom stereocenters. The Morgan fingerprint density at radius 1 is 1.53 bits per heavy atom. The maximum absolute atomic E-state index is 11.9. The molecule has 0 aromatic carbocycles. The molecule has 2 heterocycles. The average molecular weight is 362 g/mol. The number of nitrogen functional groups attached to an aromatic ring is 1. The second kappa shape index (κ2) is 6.33. The fourth-order valence-electron chi connectivity index (χ4n) is 1.38. The number of rotatable bonds is 4. The number of nitrogens with one attached hydrogen (secondary N) is 2. The minimum absolute atomic E-state index is 0.234. The van der Waals surface area contributed by atoms with Gasteiger partial charge in [-0.2, -0.15) is 0 Å². The lowest BCUT2D eigenvalue weighted by atomic mass is 10.2. The number of carbonyl (C=O) groups is 1. The van der Waals surface area contributed by atoms with E-state index in [1.807, 2.05) is 12.1 Å². The Bertz CT molecular complexity index is 604. The summed E-state index contributed by atoms with van der Waals surface area (Å²) in [7, 11) is 0. The number of aromatic nitrogens is 1. The Morgan fingerprint density at radius 3 is 2.89 bits per heavy atom. The molecule has 2 aromatic heterocycles. The van der Waals surface area contributed by atoms with Crippen LogP contribution < -0.4 is 16.6 Å². The topological polar surface area (TPSA) is 80.0 Å². The van der Waals surface area contributed by atoms with Crippen LogP contribution in [-0.4, -0.2) is 10.9 Å². The van der Waals surface area contributed by atoms with Crippen LogP contribution in [0.15, 0.2) is 28.2 Å². The fourth-order valence-corrected chi connectivity index (χ4v) is 3.03. The number of halogens is 2. The lowest BCUT2D eigenvalue weighted by Crippen LogP contribution is -2.22. The van der Waals surface area contributed by atoms with E-state index in [9.17, 15) is 4.79 Å². The Kier molecular flexibility index (Phi) is 4.76. The van der Waals surface area contributed by atoms with E-state index in [-0.39, 0.29) is 5.91 Å². The van der Waals surface area contributed by atoms with Crippen molar-refractivity contribution in [3.63, 3.8) is 0 Å². The molecule has 0 aliphatic heterocycles. The van der Waals surface area contributed by atoms with Gasteiger partial charge in [-0.3, -0.25) is 4.79 Å². The molecule has 1 amide bonds. The van der Waals surface area contributed by atoms with Gasteiger partial charge in [-0.1, -0.05) is 11.6 Å². The fraction of sp³-hybridized carbons (Fsp3) is 0.0909. The Labute approximate surface area is 127 Å². The van der Waals surface area contributed by atoms with Gasteiger partial charge in [0.1, 0.15) is 0 Å². The highest BCUT2D eigenvalue weighted by Gasteiger charge is 2.09. The number of amides is 1. The van der Waals surface area contributed by atoms with Gasteiger partial charge >= 0.3 is 0 Å². The predicted molar refractivity (Wildman–Crippen MR) is 80.2 cm³/mol. The van der Waals surface area contributed by atoms with Gasteiger partial charge in [-0.25, -0.2) is 10.8 Å². The van der Waals surface area contributed by atoms with Gasteiger partial charge < -0.3 is 10.7 Å². The Balaban J connectivity index is 2.01. The number of hydrogen-bond acceptors (Lipinski definition) is 5. The quantitative estimate of drug-likeness (QED) is 0.578. The number of hydrogen-bond donors (Lipinski definition) is 3. The van der Waals surface area contributed by atoms with Gasteiger partial charge in [0.2, 0.25) is 0 Å². The molecule has 0 radical (unpaired) electrons. The van der Waals surface area contributed by atoms with Gasteiger partial charge in [0.15, 0.2) is 5.82 Å². The molecule has 100 valence electrons. The van der Waals surface area contributed by atoms with Crippen molar-refractivity contribution < 1.29 is 4.79 Å². The number of anilines is 1. The van der Waals surface area contributed by atoms with Crippen LogP contribution >= 0.6 is 38.9 Å². The molecule has 0 saturated heterocycles. The third-order valence-corrected chi connectivity index (χ3v) is 4.20. The minimum Gasteiger partial charge on any atom is -0.347 e. The summed E-state index contributed by atoms with van der Waals surface area (Å²) in [6, 6.07) is 5.40. The Morgan fingerprint density at radius 2 is 2.32 bits per heavy atom. The summed E-state index contributed by atoms with van der Waals surface area (Å²) < 4.78 is 1.03. The van der Waals surface area contributed by atoms with E-state index in [2.05, 4.69) is 31.7 Å². The molecule has 0 bridgehead atoms. The number of nitrogens with zero attached hydrogens (tertiary/aromatic N) is 1. The third kappa shape index (κ3) is 3.66. The van der Waals surface area contributed by atoms with Gasteiger partial charge in [0.05, 0.1) is 20.9 Å². The van der Waals surface area contributed by atoms with Crippen molar-refractivity contribution in [3.8, 4) is 0 Å². The first kappa shape index (κ1) is 14.3. The first-order valence-corrected chi connectivity index (χ1v) is 7.23. The summed E-state index contributed by atoms with van der Waals surface area (Å²) in [5, 5.41) is 3.09. The maximum atomic E-state index is 11.9. The summed E-state index contributed by atoms with van der Waals surface area (Å²) in [4.78, 5) is 16.9. The van der Waals surface area contributed by atoms with Gasteiger partial charge in [0.25, 0.3) is 5.91 Å². The van der Waals surface area contributed by atoms with Gasteiger partial charge in [-0.15, -0.1) is 11.3 Å². The molecule has 0 fully saturated rings. The molecule has 0 unspecified atom stereocenters. The van der Waals surface area contributed by atoms with Crippen molar-refractivity contribution >= 4 is 50.6 Å². The molecule has 4 N–H and O–H groups in total. The molecule has 0 spiro atoms. The van der Waals surface area contributed by atoms with E-state index in [1.54, 1.807) is 11.3 Å². The van der Waals surface area contributed by atoms with Crippen LogP contribution in [0.2, 0.25) is 5.02 Å². The zero-order valence-corrected chi connectivity index (χ0v) is 12.8. The van der Waals surface area contributed by atoms with Gasteiger partial charge in [0, 0.05) is 11.1 Å². The molecular weight excluding hydrogens is 352 g/mol. The molecule has 5 nitrogen and oxygen atoms in total. The van der Waals surface area contributed by atoms with Crippen LogP contribution in [0.25, 0.3) is 0 Å². The molecule has 2 rings (SSSR count). The number of carbonyl (C=O) groups excluding carboxylic acids is 1. The lowest BCUT2D eigenvalue weighted by Gasteiger charge is -2.06. The van der Waals surface area contributed by atoms with E-state index in [0.29, 0.717) is 22.9 Å². The zero-order chi connectivity index (χ0) is 13.8. The van der Waals surface area contributed by atoms with Crippen molar-refractivity contribution in [1.29, 1.82) is 0 Å². The zero-order valence-electron chi connectivity index (χ0n) is 9.61.